The highest BCUT2D eigenvalue weighted by atomic mass is 16.6. The lowest BCUT2D eigenvalue weighted by Gasteiger charge is -2.26. The lowest BCUT2D eigenvalue weighted by molar-refractivity contribution is 0.0398. The Kier molecular flexibility index (Phi) is 6.18. The Labute approximate surface area is 137 Å². The molecule has 0 bridgehead atoms. The summed E-state index contributed by atoms with van der Waals surface area (Å²) >= 11 is 0. The monoisotopic (exact) mass is 322 g/mol. The average molecular weight is 322 g/mol. The first-order chi connectivity index (χ1) is 10.9. The maximum atomic E-state index is 11.7. The summed E-state index contributed by atoms with van der Waals surface area (Å²) in [6, 6.07) is 3.64. The van der Waals surface area contributed by atoms with Crippen LogP contribution in [0.4, 0.5) is 16.3 Å². The van der Waals surface area contributed by atoms with Gasteiger partial charge in [0.15, 0.2) is 0 Å². The molecule has 2 rings (SSSR count). The van der Waals surface area contributed by atoms with Crippen molar-refractivity contribution >= 4 is 17.6 Å². The second-order valence-electron chi connectivity index (χ2n) is 6.44. The van der Waals surface area contributed by atoms with Crippen molar-refractivity contribution < 1.29 is 14.3 Å². The molecular weight excluding hydrogens is 296 g/mol. The Morgan fingerprint density at radius 1 is 1.35 bits per heavy atom. The van der Waals surface area contributed by atoms with E-state index in [1.807, 2.05) is 26.8 Å². The third-order valence-electron chi connectivity index (χ3n) is 3.25. The van der Waals surface area contributed by atoms with E-state index in [0.29, 0.717) is 5.82 Å². The number of carbonyl (C=O) groups excluding carboxylic acids is 1. The fourth-order valence-corrected chi connectivity index (χ4v) is 2.16. The molecular formula is C16H26N4O3. The zero-order valence-corrected chi connectivity index (χ0v) is 14.1. The smallest absolute Gasteiger partial charge is 0.413 e. The van der Waals surface area contributed by atoms with Gasteiger partial charge >= 0.3 is 6.09 Å². The van der Waals surface area contributed by atoms with Crippen LogP contribution in [0.2, 0.25) is 0 Å². The summed E-state index contributed by atoms with van der Waals surface area (Å²) in [5.41, 5.74) is 0.401. The van der Waals surface area contributed by atoms with Crippen LogP contribution in [0.15, 0.2) is 18.3 Å². The van der Waals surface area contributed by atoms with Crippen LogP contribution >= 0.6 is 0 Å². The zero-order chi connectivity index (χ0) is 16.7. The number of aromatic nitrogens is 1. The highest BCUT2D eigenvalue weighted by Crippen LogP contribution is 2.12. The molecule has 23 heavy (non-hydrogen) atoms. The molecule has 7 nitrogen and oxygen atoms in total. The number of nitrogens with one attached hydrogen (secondary N) is 2. The number of morpholine rings is 1. The SMILES string of the molecule is CC(C)(C)OC(=O)Nc1ccc(NCCN2CCOCC2)cn1. The van der Waals surface area contributed by atoms with Crippen LogP contribution in [0, 0.1) is 0 Å². The van der Waals surface area contributed by atoms with E-state index in [4.69, 9.17) is 9.47 Å². The van der Waals surface area contributed by atoms with Crippen molar-refractivity contribution in [2.24, 2.45) is 0 Å². The Balaban J connectivity index is 1.72. The third kappa shape index (κ3) is 6.83. The van der Waals surface area contributed by atoms with Crippen molar-refractivity contribution in [3.63, 3.8) is 0 Å². The average Bonchev–Trinajstić information content (AvgIpc) is 2.48. The summed E-state index contributed by atoms with van der Waals surface area (Å²) in [6.07, 6.45) is 1.20. The second-order valence-corrected chi connectivity index (χ2v) is 6.44. The molecule has 2 N–H and O–H groups in total. The molecule has 0 aromatic carbocycles. The third-order valence-corrected chi connectivity index (χ3v) is 3.25. The van der Waals surface area contributed by atoms with Crippen LogP contribution < -0.4 is 10.6 Å². The topological polar surface area (TPSA) is 75.7 Å². The van der Waals surface area contributed by atoms with Gasteiger partial charge in [0.2, 0.25) is 0 Å². The standard InChI is InChI=1S/C16H26N4O3/c1-16(2,3)23-15(21)19-14-5-4-13(12-18-14)17-6-7-20-8-10-22-11-9-20/h4-5,12,17H,6-11H2,1-3H3,(H,18,19,21). The minimum atomic E-state index is -0.523. The molecule has 0 saturated carbocycles. The normalized spacial score (nSPS) is 16.0. The summed E-state index contributed by atoms with van der Waals surface area (Å²) in [6.45, 7) is 10.9. The summed E-state index contributed by atoms with van der Waals surface area (Å²) in [4.78, 5) is 18.2. The van der Waals surface area contributed by atoms with E-state index in [0.717, 1.165) is 45.1 Å². The zero-order valence-electron chi connectivity index (χ0n) is 14.1. The summed E-state index contributed by atoms with van der Waals surface area (Å²) in [7, 11) is 0. The number of hydrogen-bond donors (Lipinski definition) is 2. The van der Waals surface area contributed by atoms with Crippen molar-refractivity contribution in [2.75, 3.05) is 50.0 Å². The first-order valence-electron chi connectivity index (χ1n) is 7.92. The summed E-state index contributed by atoms with van der Waals surface area (Å²) in [5, 5.41) is 5.93. The fourth-order valence-electron chi connectivity index (χ4n) is 2.16. The number of ether oxygens (including phenoxy) is 2. The molecule has 1 aromatic rings. The van der Waals surface area contributed by atoms with Gasteiger partial charge in [-0.1, -0.05) is 0 Å². The molecule has 1 saturated heterocycles. The molecule has 0 atom stereocenters. The largest absolute Gasteiger partial charge is 0.444 e. The molecule has 0 spiro atoms. The van der Waals surface area contributed by atoms with Gasteiger partial charge in [0.1, 0.15) is 11.4 Å². The lowest BCUT2D eigenvalue weighted by Crippen LogP contribution is -2.39. The van der Waals surface area contributed by atoms with E-state index in [-0.39, 0.29) is 0 Å². The maximum Gasteiger partial charge on any atom is 0.413 e. The highest BCUT2D eigenvalue weighted by molar-refractivity contribution is 5.83. The van der Waals surface area contributed by atoms with Gasteiger partial charge in [-0.25, -0.2) is 9.78 Å². The first kappa shape index (κ1) is 17.5. The van der Waals surface area contributed by atoms with Crippen molar-refractivity contribution in [3.05, 3.63) is 18.3 Å². The number of anilines is 2. The molecule has 128 valence electrons. The van der Waals surface area contributed by atoms with E-state index >= 15 is 0 Å². The van der Waals surface area contributed by atoms with Crippen molar-refractivity contribution in [1.29, 1.82) is 0 Å². The second kappa shape index (κ2) is 8.12. The molecule has 1 aliphatic rings. The predicted octanol–water partition coefficient (Wildman–Crippen LogP) is 2.17. The van der Waals surface area contributed by atoms with Gasteiger partial charge < -0.3 is 14.8 Å². The molecule has 0 radical (unpaired) electrons. The lowest BCUT2D eigenvalue weighted by atomic mass is 10.2. The highest BCUT2D eigenvalue weighted by Gasteiger charge is 2.16. The summed E-state index contributed by atoms with van der Waals surface area (Å²) in [5.74, 6) is 0.470. The van der Waals surface area contributed by atoms with E-state index < -0.39 is 11.7 Å². The molecule has 1 fully saturated rings. The molecule has 0 aliphatic carbocycles. The Bertz CT molecular complexity index is 493. The number of amides is 1. The molecule has 0 unspecified atom stereocenters. The summed E-state index contributed by atoms with van der Waals surface area (Å²) < 4.78 is 10.5. The van der Waals surface area contributed by atoms with Crippen molar-refractivity contribution in [1.82, 2.24) is 9.88 Å². The van der Waals surface area contributed by atoms with Gasteiger partial charge in [-0.3, -0.25) is 10.2 Å². The Morgan fingerprint density at radius 3 is 2.70 bits per heavy atom. The molecule has 7 heteroatoms. The number of rotatable bonds is 5. The van der Waals surface area contributed by atoms with Gasteiger partial charge in [-0.2, -0.15) is 0 Å². The van der Waals surface area contributed by atoms with Gasteiger partial charge in [-0.05, 0) is 32.9 Å². The first-order valence-corrected chi connectivity index (χ1v) is 7.92. The predicted molar refractivity (Wildman–Crippen MR) is 89.8 cm³/mol. The fraction of sp³-hybridized carbons (Fsp3) is 0.625. The maximum absolute atomic E-state index is 11.7. The minimum absolute atomic E-state index is 0.470. The van der Waals surface area contributed by atoms with E-state index in [1.54, 1.807) is 12.3 Å². The minimum Gasteiger partial charge on any atom is -0.444 e. The van der Waals surface area contributed by atoms with Crippen LogP contribution in [0.1, 0.15) is 20.8 Å². The van der Waals surface area contributed by atoms with Crippen LogP contribution in [0.25, 0.3) is 0 Å². The van der Waals surface area contributed by atoms with Gasteiger partial charge in [0.05, 0.1) is 25.1 Å². The number of hydrogen-bond acceptors (Lipinski definition) is 6. The Morgan fingerprint density at radius 2 is 2.09 bits per heavy atom. The van der Waals surface area contributed by atoms with Gasteiger partial charge in [-0.15, -0.1) is 0 Å². The number of carbonyl (C=O) groups is 1. The van der Waals surface area contributed by atoms with Gasteiger partial charge in [0.25, 0.3) is 0 Å². The quantitative estimate of drug-likeness (QED) is 0.865. The van der Waals surface area contributed by atoms with Crippen LogP contribution in [-0.4, -0.2) is 61.0 Å². The van der Waals surface area contributed by atoms with Crippen molar-refractivity contribution in [3.8, 4) is 0 Å². The van der Waals surface area contributed by atoms with Crippen LogP contribution in [0.5, 0.6) is 0 Å². The van der Waals surface area contributed by atoms with E-state index in [9.17, 15) is 4.79 Å². The van der Waals surface area contributed by atoms with E-state index in [1.165, 1.54) is 0 Å². The molecule has 2 heterocycles. The Hall–Kier alpha value is -1.86. The molecule has 1 aliphatic heterocycles. The number of pyridine rings is 1. The molecule has 1 aromatic heterocycles. The van der Waals surface area contributed by atoms with Crippen molar-refractivity contribution in [2.45, 2.75) is 26.4 Å². The molecule has 1 amide bonds. The van der Waals surface area contributed by atoms with Crippen LogP contribution in [0.3, 0.4) is 0 Å². The van der Waals surface area contributed by atoms with Gasteiger partial charge in [0, 0.05) is 26.2 Å². The van der Waals surface area contributed by atoms with E-state index in [2.05, 4.69) is 20.5 Å². The number of nitrogens with zero attached hydrogens (tertiary/aromatic N) is 2. The van der Waals surface area contributed by atoms with Crippen LogP contribution in [-0.2, 0) is 9.47 Å².